The normalized spacial score (nSPS) is 13.1. The van der Waals surface area contributed by atoms with Gasteiger partial charge in [0.05, 0.1) is 21.6 Å². The molecule has 0 amide bonds. The standard InChI is InChI=1S/C23H15FN4O4S/c24-13-5-8-15(9-6-13)33(29,30)21-20-23(27-17-4-2-1-3-16(17)26-20)28(22(21)25)14-7-10-18-19(11-14)32-12-31-18/h1-11H,12,25H2. The molecule has 0 atom stereocenters. The van der Waals surface area contributed by atoms with Gasteiger partial charge in [-0.15, -0.1) is 0 Å². The predicted octanol–water partition coefficient (Wildman–Crippen LogP) is 3.86. The maximum atomic E-state index is 13.6. The highest BCUT2D eigenvalue weighted by Crippen LogP contribution is 2.40. The summed E-state index contributed by atoms with van der Waals surface area (Å²) in [5.74, 6) is 0.467. The Morgan fingerprint density at radius 2 is 1.61 bits per heavy atom. The second kappa shape index (κ2) is 6.91. The first-order chi connectivity index (χ1) is 15.9. The van der Waals surface area contributed by atoms with Gasteiger partial charge in [0.25, 0.3) is 0 Å². The number of hydrogen-bond donors (Lipinski definition) is 1. The Kier molecular flexibility index (Phi) is 4.08. The zero-order valence-electron chi connectivity index (χ0n) is 16.9. The van der Waals surface area contributed by atoms with Gasteiger partial charge in [-0.3, -0.25) is 4.57 Å². The molecule has 0 saturated carbocycles. The molecule has 0 spiro atoms. The van der Waals surface area contributed by atoms with Crippen LogP contribution in [0.15, 0.2) is 76.5 Å². The van der Waals surface area contributed by atoms with Gasteiger partial charge in [-0.1, -0.05) is 12.1 Å². The number of sulfone groups is 1. The van der Waals surface area contributed by atoms with Crippen LogP contribution in [0.3, 0.4) is 0 Å². The smallest absolute Gasteiger partial charge is 0.231 e. The van der Waals surface area contributed by atoms with Crippen molar-refractivity contribution in [1.29, 1.82) is 0 Å². The Morgan fingerprint density at radius 1 is 0.909 bits per heavy atom. The zero-order valence-corrected chi connectivity index (χ0v) is 17.7. The van der Waals surface area contributed by atoms with E-state index in [1.54, 1.807) is 36.4 Å². The molecule has 3 aromatic carbocycles. The predicted molar refractivity (Wildman–Crippen MR) is 119 cm³/mol. The summed E-state index contributed by atoms with van der Waals surface area (Å²) in [5.41, 5.74) is 8.49. The molecule has 2 N–H and O–H groups in total. The third kappa shape index (κ3) is 2.91. The number of hydrogen-bond acceptors (Lipinski definition) is 7. The Morgan fingerprint density at radius 3 is 2.36 bits per heavy atom. The van der Waals surface area contributed by atoms with Gasteiger partial charge in [0.2, 0.25) is 16.6 Å². The monoisotopic (exact) mass is 462 g/mol. The van der Waals surface area contributed by atoms with Crippen LogP contribution in [-0.4, -0.2) is 29.7 Å². The summed E-state index contributed by atoms with van der Waals surface area (Å²) in [6, 6.07) is 16.8. The molecule has 0 radical (unpaired) electrons. The molecule has 0 aliphatic carbocycles. The summed E-state index contributed by atoms with van der Waals surface area (Å²) >= 11 is 0. The van der Waals surface area contributed by atoms with Crippen molar-refractivity contribution in [2.75, 3.05) is 12.5 Å². The number of nitrogen functional groups attached to an aromatic ring is 1. The lowest BCUT2D eigenvalue weighted by Crippen LogP contribution is -2.07. The maximum Gasteiger partial charge on any atom is 0.231 e. The van der Waals surface area contributed by atoms with Gasteiger partial charge in [-0.25, -0.2) is 22.8 Å². The molecule has 5 aromatic rings. The molecule has 10 heteroatoms. The van der Waals surface area contributed by atoms with E-state index in [0.717, 1.165) is 12.1 Å². The van der Waals surface area contributed by atoms with Crippen LogP contribution in [0, 0.1) is 5.82 Å². The molecule has 8 nitrogen and oxygen atoms in total. The van der Waals surface area contributed by atoms with Gasteiger partial charge < -0.3 is 15.2 Å². The molecule has 164 valence electrons. The Balaban J connectivity index is 1.70. The van der Waals surface area contributed by atoms with Gasteiger partial charge in [0, 0.05) is 6.07 Å². The Labute approximate surface area is 186 Å². The van der Waals surface area contributed by atoms with E-state index >= 15 is 0 Å². The number of benzene rings is 3. The summed E-state index contributed by atoms with van der Waals surface area (Å²) in [6.07, 6.45) is 0. The van der Waals surface area contributed by atoms with Crippen LogP contribution in [0.1, 0.15) is 0 Å². The number of fused-ring (bicyclic) bond motifs is 3. The van der Waals surface area contributed by atoms with E-state index in [1.165, 1.54) is 16.7 Å². The van der Waals surface area contributed by atoms with Gasteiger partial charge in [-0.05, 0) is 48.5 Å². The van der Waals surface area contributed by atoms with Crippen LogP contribution in [-0.2, 0) is 9.84 Å². The fourth-order valence-electron chi connectivity index (χ4n) is 3.92. The lowest BCUT2D eigenvalue weighted by molar-refractivity contribution is 0.174. The highest BCUT2D eigenvalue weighted by Gasteiger charge is 2.31. The molecular weight excluding hydrogens is 447 g/mol. The van der Waals surface area contributed by atoms with E-state index in [0.29, 0.717) is 28.2 Å². The Hall–Kier alpha value is -4.18. The fourth-order valence-corrected chi connectivity index (χ4v) is 5.41. The van der Waals surface area contributed by atoms with Crippen molar-refractivity contribution in [3.63, 3.8) is 0 Å². The minimum Gasteiger partial charge on any atom is -0.454 e. The van der Waals surface area contributed by atoms with Crippen LogP contribution >= 0.6 is 0 Å². The molecular formula is C23H15FN4O4S. The lowest BCUT2D eigenvalue weighted by atomic mass is 10.2. The topological polar surface area (TPSA) is 109 Å². The minimum atomic E-state index is -4.15. The molecule has 0 unspecified atom stereocenters. The van der Waals surface area contributed by atoms with Gasteiger partial charge in [0.15, 0.2) is 17.1 Å². The average molecular weight is 462 g/mol. The first-order valence-corrected chi connectivity index (χ1v) is 11.4. The third-order valence-corrected chi connectivity index (χ3v) is 7.29. The van der Waals surface area contributed by atoms with E-state index in [2.05, 4.69) is 9.97 Å². The summed E-state index contributed by atoms with van der Waals surface area (Å²) in [6.45, 7) is 0.0926. The number of para-hydroxylation sites is 2. The minimum absolute atomic E-state index is 0.0662. The quantitative estimate of drug-likeness (QED) is 0.406. The van der Waals surface area contributed by atoms with Crippen LogP contribution in [0.25, 0.3) is 27.9 Å². The van der Waals surface area contributed by atoms with E-state index in [9.17, 15) is 12.8 Å². The summed E-state index contributed by atoms with van der Waals surface area (Å²) in [4.78, 5) is 8.97. The summed E-state index contributed by atoms with van der Waals surface area (Å²) < 4.78 is 53.1. The molecule has 3 heterocycles. The van der Waals surface area contributed by atoms with Crippen LogP contribution in [0.4, 0.5) is 10.2 Å². The molecule has 33 heavy (non-hydrogen) atoms. The van der Waals surface area contributed by atoms with E-state index in [1.807, 2.05) is 6.07 Å². The zero-order chi connectivity index (χ0) is 22.7. The summed E-state index contributed by atoms with van der Waals surface area (Å²) in [7, 11) is -4.15. The molecule has 1 aliphatic heterocycles. The molecule has 1 aliphatic rings. The van der Waals surface area contributed by atoms with E-state index in [4.69, 9.17) is 15.2 Å². The molecule has 0 bridgehead atoms. The van der Waals surface area contributed by atoms with E-state index in [-0.39, 0.29) is 33.6 Å². The average Bonchev–Trinajstić information content (AvgIpc) is 3.38. The third-order valence-electron chi connectivity index (χ3n) is 5.46. The first-order valence-electron chi connectivity index (χ1n) is 9.91. The van der Waals surface area contributed by atoms with E-state index < -0.39 is 15.7 Å². The number of rotatable bonds is 3. The molecule has 6 rings (SSSR count). The van der Waals surface area contributed by atoms with Crippen LogP contribution in [0.2, 0.25) is 0 Å². The van der Waals surface area contributed by atoms with Crippen LogP contribution < -0.4 is 15.2 Å². The lowest BCUT2D eigenvalue weighted by Gasteiger charge is -2.09. The number of aromatic nitrogens is 3. The van der Waals surface area contributed by atoms with Gasteiger partial charge in [-0.2, -0.15) is 0 Å². The van der Waals surface area contributed by atoms with Gasteiger partial charge in [0.1, 0.15) is 22.0 Å². The summed E-state index contributed by atoms with van der Waals surface area (Å²) in [5, 5.41) is 0. The van der Waals surface area contributed by atoms with Crippen molar-refractivity contribution < 1.29 is 22.3 Å². The van der Waals surface area contributed by atoms with Crippen molar-refractivity contribution in [1.82, 2.24) is 14.5 Å². The second-order valence-electron chi connectivity index (χ2n) is 7.43. The van der Waals surface area contributed by atoms with Gasteiger partial charge >= 0.3 is 0 Å². The van der Waals surface area contributed by atoms with Crippen molar-refractivity contribution in [3.8, 4) is 17.2 Å². The number of anilines is 1. The highest BCUT2D eigenvalue weighted by atomic mass is 32.2. The molecule has 2 aromatic heterocycles. The largest absolute Gasteiger partial charge is 0.454 e. The second-order valence-corrected chi connectivity index (χ2v) is 9.32. The fraction of sp³-hybridized carbons (Fsp3) is 0.0435. The number of ether oxygens (including phenoxy) is 2. The molecule has 0 fully saturated rings. The SMILES string of the molecule is Nc1c(S(=O)(=O)c2ccc(F)cc2)c2nc3ccccc3nc2n1-c1ccc2c(c1)OCO2. The van der Waals surface area contributed by atoms with Crippen molar-refractivity contribution in [3.05, 3.63) is 72.5 Å². The molecule has 0 saturated heterocycles. The van der Waals surface area contributed by atoms with Crippen LogP contribution in [0.5, 0.6) is 11.5 Å². The number of halogens is 1. The Bertz CT molecular complexity index is 1680. The first kappa shape index (κ1) is 19.5. The van der Waals surface area contributed by atoms with Crippen molar-refractivity contribution >= 4 is 37.9 Å². The number of nitrogens with zero attached hydrogens (tertiary/aromatic N) is 3. The van der Waals surface area contributed by atoms with Crippen molar-refractivity contribution in [2.24, 2.45) is 0 Å². The maximum absolute atomic E-state index is 13.6. The van der Waals surface area contributed by atoms with Crippen molar-refractivity contribution in [2.45, 2.75) is 9.79 Å². The number of nitrogens with two attached hydrogens (primary N) is 1. The highest BCUT2D eigenvalue weighted by molar-refractivity contribution is 7.92.